The van der Waals surface area contributed by atoms with Gasteiger partial charge in [0, 0.05) is 37.0 Å². The van der Waals surface area contributed by atoms with Gasteiger partial charge in [0.25, 0.3) is 5.91 Å². The molecule has 1 aliphatic heterocycles. The van der Waals surface area contributed by atoms with Crippen molar-refractivity contribution < 1.29 is 9.53 Å². The van der Waals surface area contributed by atoms with Crippen molar-refractivity contribution in [1.82, 2.24) is 15.2 Å². The summed E-state index contributed by atoms with van der Waals surface area (Å²) >= 11 is 0. The van der Waals surface area contributed by atoms with Gasteiger partial charge in [-0.05, 0) is 37.9 Å². The largest absolute Gasteiger partial charge is 0.473 e. The number of carbonyl (C=O) groups excluding carboxylic acids is 1. The highest BCUT2D eigenvalue weighted by Gasteiger charge is 2.17. The van der Waals surface area contributed by atoms with Gasteiger partial charge in [0.1, 0.15) is 6.61 Å². The predicted molar refractivity (Wildman–Crippen MR) is 102 cm³/mol. The van der Waals surface area contributed by atoms with E-state index in [1.807, 2.05) is 30.3 Å². The minimum atomic E-state index is -0.0818. The smallest absolute Gasteiger partial charge is 0.251 e. The van der Waals surface area contributed by atoms with E-state index in [0.29, 0.717) is 30.6 Å². The quantitative estimate of drug-likeness (QED) is 0.830. The first-order chi connectivity index (χ1) is 12.7. The Balaban J connectivity index is 1.48. The Morgan fingerprint density at radius 3 is 2.92 bits per heavy atom. The Morgan fingerprint density at radius 1 is 1.27 bits per heavy atom. The number of rotatable bonds is 7. The fourth-order valence-corrected chi connectivity index (χ4v) is 3.27. The summed E-state index contributed by atoms with van der Waals surface area (Å²) < 4.78 is 5.70. The second-order valence-electron chi connectivity index (χ2n) is 6.79. The lowest BCUT2D eigenvalue weighted by Crippen LogP contribution is -2.42. The lowest BCUT2D eigenvalue weighted by molar-refractivity contribution is 0.0937. The first kappa shape index (κ1) is 18.4. The maximum atomic E-state index is 12.4. The fourth-order valence-electron chi connectivity index (χ4n) is 3.27. The van der Waals surface area contributed by atoms with E-state index in [9.17, 15) is 4.79 Å². The van der Waals surface area contributed by atoms with Crippen LogP contribution in [-0.2, 0) is 6.61 Å². The molecule has 26 heavy (non-hydrogen) atoms. The van der Waals surface area contributed by atoms with Crippen LogP contribution in [0.1, 0.15) is 42.1 Å². The molecule has 1 aromatic carbocycles. The molecule has 138 valence electrons. The molecule has 1 atom stereocenters. The van der Waals surface area contributed by atoms with Gasteiger partial charge in [-0.15, -0.1) is 0 Å². The number of piperidine rings is 1. The highest BCUT2D eigenvalue weighted by molar-refractivity contribution is 5.94. The number of hydrogen-bond donors (Lipinski definition) is 1. The zero-order valence-electron chi connectivity index (χ0n) is 15.4. The third kappa shape index (κ3) is 5.30. The summed E-state index contributed by atoms with van der Waals surface area (Å²) in [4.78, 5) is 19.0. The van der Waals surface area contributed by atoms with Crippen LogP contribution < -0.4 is 10.1 Å². The standard InChI is InChI=1S/C21H27N3O2/c1-17-7-5-6-13-24(17)14-12-23-21(25)19-10-11-22-20(15-19)26-16-18-8-3-2-4-9-18/h2-4,8-11,15,17H,5-7,12-14,16H2,1H3,(H,23,25). The molecule has 0 bridgehead atoms. The minimum absolute atomic E-state index is 0.0818. The van der Waals surface area contributed by atoms with Crippen molar-refractivity contribution in [2.24, 2.45) is 0 Å². The molecule has 1 aliphatic rings. The monoisotopic (exact) mass is 353 g/mol. The summed E-state index contributed by atoms with van der Waals surface area (Å²) in [6.45, 7) is 5.39. The predicted octanol–water partition coefficient (Wildman–Crippen LogP) is 3.26. The molecule has 0 radical (unpaired) electrons. The highest BCUT2D eigenvalue weighted by atomic mass is 16.5. The van der Waals surface area contributed by atoms with Crippen molar-refractivity contribution in [3.63, 3.8) is 0 Å². The third-order valence-corrected chi connectivity index (χ3v) is 4.85. The molecular formula is C21H27N3O2. The Morgan fingerprint density at radius 2 is 2.12 bits per heavy atom. The van der Waals surface area contributed by atoms with E-state index < -0.39 is 0 Å². The molecule has 1 amide bonds. The third-order valence-electron chi connectivity index (χ3n) is 4.85. The van der Waals surface area contributed by atoms with Crippen LogP contribution in [0.5, 0.6) is 5.88 Å². The summed E-state index contributed by atoms with van der Waals surface area (Å²) in [6.07, 6.45) is 5.43. The fraction of sp³-hybridized carbons (Fsp3) is 0.429. The number of hydrogen-bond acceptors (Lipinski definition) is 4. The average molecular weight is 353 g/mol. The molecule has 5 heteroatoms. The second kappa shape index (κ2) is 9.34. The Kier molecular flexibility index (Phi) is 6.61. The molecule has 1 saturated heterocycles. The normalized spacial score (nSPS) is 17.7. The molecule has 3 rings (SSSR count). The molecule has 1 aromatic heterocycles. The maximum absolute atomic E-state index is 12.4. The number of likely N-dealkylation sites (tertiary alicyclic amines) is 1. The molecule has 1 N–H and O–H groups in total. The topological polar surface area (TPSA) is 54.5 Å². The van der Waals surface area contributed by atoms with Gasteiger partial charge in [0.05, 0.1) is 0 Å². The van der Waals surface area contributed by atoms with Crippen LogP contribution >= 0.6 is 0 Å². The van der Waals surface area contributed by atoms with Crippen molar-refractivity contribution in [3.8, 4) is 5.88 Å². The van der Waals surface area contributed by atoms with Crippen LogP contribution in [0, 0.1) is 0 Å². The number of ether oxygens (including phenoxy) is 1. The molecule has 0 saturated carbocycles. The molecule has 0 aliphatic carbocycles. The number of pyridine rings is 1. The van der Waals surface area contributed by atoms with E-state index in [4.69, 9.17) is 4.74 Å². The number of nitrogens with one attached hydrogen (secondary N) is 1. The number of amides is 1. The zero-order chi connectivity index (χ0) is 18.2. The molecule has 1 unspecified atom stereocenters. The van der Waals surface area contributed by atoms with E-state index in [0.717, 1.165) is 18.7 Å². The number of carbonyl (C=O) groups is 1. The SMILES string of the molecule is CC1CCCCN1CCNC(=O)c1ccnc(OCc2ccccc2)c1. The summed E-state index contributed by atoms with van der Waals surface area (Å²) in [7, 11) is 0. The molecule has 1 fully saturated rings. The molecular weight excluding hydrogens is 326 g/mol. The van der Waals surface area contributed by atoms with E-state index in [1.54, 1.807) is 18.3 Å². The molecule has 2 aromatic rings. The maximum Gasteiger partial charge on any atom is 0.251 e. The van der Waals surface area contributed by atoms with E-state index in [2.05, 4.69) is 22.1 Å². The molecule has 0 spiro atoms. The van der Waals surface area contributed by atoms with Crippen molar-refractivity contribution in [3.05, 3.63) is 59.8 Å². The van der Waals surface area contributed by atoms with Gasteiger partial charge in [-0.25, -0.2) is 4.98 Å². The van der Waals surface area contributed by atoms with Crippen molar-refractivity contribution in [2.75, 3.05) is 19.6 Å². The first-order valence-corrected chi connectivity index (χ1v) is 9.37. The van der Waals surface area contributed by atoms with Crippen LogP contribution in [0.15, 0.2) is 48.7 Å². The summed E-state index contributed by atoms with van der Waals surface area (Å²) in [6, 6.07) is 13.9. The Bertz CT molecular complexity index is 705. The highest BCUT2D eigenvalue weighted by Crippen LogP contribution is 2.15. The van der Waals surface area contributed by atoms with Crippen LogP contribution in [0.2, 0.25) is 0 Å². The minimum Gasteiger partial charge on any atom is -0.473 e. The van der Waals surface area contributed by atoms with Crippen LogP contribution in [-0.4, -0.2) is 41.5 Å². The van der Waals surface area contributed by atoms with Crippen LogP contribution in [0.25, 0.3) is 0 Å². The van der Waals surface area contributed by atoms with Gasteiger partial charge in [-0.2, -0.15) is 0 Å². The number of aromatic nitrogens is 1. The zero-order valence-corrected chi connectivity index (χ0v) is 15.4. The van der Waals surface area contributed by atoms with Gasteiger partial charge in [-0.3, -0.25) is 9.69 Å². The van der Waals surface area contributed by atoms with E-state index in [1.165, 1.54) is 19.3 Å². The number of benzene rings is 1. The van der Waals surface area contributed by atoms with Gasteiger partial charge in [-0.1, -0.05) is 36.8 Å². The number of nitrogens with zero attached hydrogens (tertiary/aromatic N) is 2. The van der Waals surface area contributed by atoms with E-state index in [-0.39, 0.29) is 5.91 Å². The summed E-state index contributed by atoms with van der Waals surface area (Å²) in [5, 5.41) is 3.00. The lowest BCUT2D eigenvalue weighted by atomic mass is 10.0. The summed E-state index contributed by atoms with van der Waals surface area (Å²) in [5.74, 6) is 0.382. The van der Waals surface area contributed by atoms with Gasteiger partial charge in [0.2, 0.25) is 5.88 Å². The Labute approximate surface area is 155 Å². The van der Waals surface area contributed by atoms with Gasteiger partial charge in [0.15, 0.2) is 0 Å². The van der Waals surface area contributed by atoms with Crippen molar-refractivity contribution in [1.29, 1.82) is 0 Å². The van der Waals surface area contributed by atoms with Gasteiger partial charge < -0.3 is 10.1 Å². The van der Waals surface area contributed by atoms with Crippen molar-refractivity contribution >= 4 is 5.91 Å². The Hall–Kier alpha value is -2.40. The average Bonchev–Trinajstić information content (AvgIpc) is 2.69. The first-order valence-electron chi connectivity index (χ1n) is 9.37. The van der Waals surface area contributed by atoms with Crippen molar-refractivity contribution in [2.45, 2.75) is 38.8 Å². The molecule has 2 heterocycles. The van der Waals surface area contributed by atoms with Crippen LogP contribution in [0.4, 0.5) is 0 Å². The van der Waals surface area contributed by atoms with Gasteiger partial charge >= 0.3 is 0 Å². The lowest BCUT2D eigenvalue weighted by Gasteiger charge is -2.33. The van der Waals surface area contributed by atoms with E-state index >= 15 is 0 Å². The molecule has 5 nitrogen and oxygen atoms in total. The summed E-state index contributed by atoms with van der Waals surface area (Å²) in [5.41, 5.74) is 1.65. The second-order valence-corrected chi connectivity index (χ2v) is 6.79. The van der Waals surface area contributed by atoms with Crippen LogP contribution in [0.3, 0.4) is 0 Å².